The van der Waals surface area contributed by atoms with Crippen LogP contribution in [0.1, 0.15) is 6.92 Å². The van der Waals surface area contributed by atoms with Crippen LogP contribution >= 0.6 is 0 Å². The van der Waals surface area contributed by atoms with Crippen molar-refractivity contribution in [3.8, 4) is 6.07 Å². The van der Waals surface area contributed by atoms with Gasteiger partial charge in [-0.15, -0.1) is 0 Å². The summed E-state index contributed by atoms with van der Waals surface area (Å²) in [5, 5.41) is 17.9. The molecular weight excluding hydrogens is 189 g/mol. The Labute approximate surface area is 72.0 Å². The van der Waals surface area contributed by atoms with Gasteiger partial charge in [0.2, 0.25) is 5.54 Å². The minimum absolute atomic E-state index is 0.465. The van der Waals surface area contributed by atoms with E-state index in [1.807, 2.05) is 0 Å². The second-order valence-corrected chi connectivity index (χ2v) is 2.44. The molecule has 1 atom stereocenters. The predicted molar refractivity (Wildman–Crippen MR) is 35.7 cm³/mol. The van der Waals surface area contributed by atoms with Crippen LogP contribution in [0.15, 0.2) is 0 Å². The summed E-state index contributed by atoms with van der Waals surface area (Å²) in [6.07, 6.45) is -4.93. The molecule has 0 amide bonds. The molecule has 0 aromatic carbocycles. The van der Waals surface area contributed by atoms with Gasteiger partial charge in [0.05, 0.1) is 12.6 Å². The molecule has 4 nitrogen and oxygen atoms in total. The SMILES string of the molecule is CC(NCC#N)(C(=O)O)C(F)(F)F. The molecule has 0 rings (SSSR count). The summed E-state index contributed by atoms with van der Waals surface area (Å²) < 4.78 is 36.4. The maximum Gasteiger partial charge on any atom is 0.417 e. The Balaban J connectivity index is 4.77. The average Bonchev–Trinajstić information content (AvgIpc) is 1.97. The third-order valence-corrected chi connectivity index (χ3v) is 1.52. The van der Waals surface area contributed by atoms with E-state index in [2.05, 4.69) is 0 Å². The second kappa shape index (κ2) is 3.62. The largest absolute Gasteiger partial charge is 0.480 e. The monoisotopic (exact) mass is 196 g/mol. The standard InChI is InChI=1S/C6H7F3N2O2/c1-5(4(12)13,6(7,8)9)11-3-2-10/h11H,3H2,1H3,(H,12,13). The molecule has 1 unspecified atom stereocenters. The molecule has 0 radical (unpaired) electrons. The quantitative estimate of drug-likeness (QED) is 0.645. The number of carboxylic acid groups (broad SMARTS) is 1. The van der Waals surface area contributed by atoms with E-state index < -0.39 is 24.2 Å². The van der Waals surface area contributed by atoms with Crippen LogP contribution < -0.4 is 5.32 Å². The average molecular weight is 196 g/mol. The maximum absolute atomic E-state index is 12.1. The van der Waals surface area contributed by atoms with Gasteiger partial charge in [0.15, 0.2) is 0 Å². The normalized spacial score (nSPS) is 15.9. The van der Waals surface area contributed by atoms with Crippen molar-refractivity contribution >= 4 is 5.97 Å². The Morgan fingerprint density at radius 1 is 1.62 bits per heavy atom. The van der Waals surface area contributed by atoms with E-state index in [0.29, 0.717) is 6.92 Å². The number of aliphatic carboxylic acids is 1. The molecule has 0 saturated heterocycles. The molecule has 7 heteroatoms. The number of alkyl halides is 3. The van der Waals surface area contributed by atoms with Gasteiger partial charge in [-0.3, -0.25) is 5.32 Å². The van der Waals surface area contributed by atoms with Crippen LogP contribution in [-0.4, -0.2) is 29.3 Å². The molecule has 0 fully saturated rings. The Hall–Kier alpha value is -1.29. The summed E-state index contributed by atoms with van der Waals surface area (Å²) in [4.78, 5) is 10.3. The van der Waals surface area contributed by atoms with Crippen LogP contribution in [0.4, 0.5) is 13.2 Å². The summed E-state index contributed by atoms with van der Waals surface area (Å²) in [7, 11) is 0. The lowest BCUT2D eigenvalue weighted by Crippen LogP contribution is -2.60. The molecule has 0 aliphatic rings. The lowest BCUT2D eigenvalue weighted by Gasteiger charge is -2.27. The molecule has 0 aromatic rings. The van der Waals surface area contributed by atoms with Gasteiger partial charge >= 0.3 is 12.1 Å². The number of hydrogen-bond acceptors (Lipinski definition) is 3. The maximum atomic E-state index is 12.1. The number of nitrogens with zero attached hydrogens (tertiary/aromatic N) is 1. The lowest BCUT2D eigenvalue weighted by molar-refractivity contribution is -0.205. The molecule has 0 aromatic heterocycles. The molecule has 0 aliphatic heterocycles. The van der Waals surface area contributed by atoms with Gasteiger partial charge in [0, 0.05) is 0 Å². The van der Waals surface area contributed by atoms with Crippen molar-refractivity contribution in [2.24, 2.45) is 0 Å². The molecule has 74 valence electrons. The Kier molecular flexibility index (Phi) is 3.26. The first kappa shape index (κ1) is 11.7. The first-order chi connectivity index (χ1) is 5.75. The number of nitriles is 1. The zero-order valence-corrected chi connectivity index (χ0v) is 6.64. The molecule has 0 aliphatic carbocycles. The van der Waals surface area contributed by atoms with Crippen LogP contribution in [-0.2, 0) is 4.79 Å². The van der Waals surface area contributed by atoms with E-state index in [1.165, 1.54) is 6.07 Å². The van der Waals surface area contributed by atoms with Gasteiger partial charge in [-0.1, -0.05) is 0 Å². The van der Waals surface area contributed by atoms with Crippen LogP contribution in [0, 0.1) is 11.3 Å². The number of carboxylic acids is 1. The van der Waals surface area contributed by atoms with Gasteiger partial charge in [0.25, 0.3) is 0 Å². The highest BCUT2D eigenvalue weighted by Crippen LogP contribution is 2.30. The summed E-state index contributed by atoms with van der Waals surface area (Å²) in [6.45, 7) is -0.213. The van der Waals surface area contributed by atoms with Crippen molar-refractivity contribution in [3.05, 3.63) is 0 Å². The summed E-state index contributed by atoms with van der Waals surface area (Å²) in [6, 6.07) is 1.38. The van der Waals surface area contributed by atoms with Crippen molar-refractivity contribution in [2.75, 3.05) is 6.54 Å². The van der Waals surface area contributed by atoms with Gasteiger partial charge in [0.1, 0.15) is 0 Å². The Morgan fingerprint density at radius 3 is 2.31 bits per heavy atom. The molecule has 0 bridgehead atoms. The zero-order chi connectivity index (χ0) is 10.7. The van der Waals surface area contributed by atoms with Crippen molar-refractivity contribution in [1.29, 1.82) is 5.26 Å². The fourth-order valence-electron chi connectivity index (χ4n) is 0.513. The van der Waals surface area contributed by atoms with E-state index in [0.717, 1.165) is 0 Å². The zero-order valence-electron chi connectivity index (χ0n) is 6.64. The van der Waals surface area contributed by atoms with Crippen molar-refractivity contribution < 1.29 is 23.1 Å². The highest BCUT2D eigenvalue weighted by molar-refractivity contribution is 5.79. The van der Waals surface area contributed by atoms with Crippen LogP contribution in [0.5, 0.6) is 0 Å². The number of hydrogen-bond donors (Lipinski definition) is 2. The minimum atomic E-state index is -4.93. The number of nitrogens with one attached hydrogen (secondary N) is 1. The minimum Gasteiger partial charge on any atom is -0.480 e. The first-order valence-corrected chi connectivity index (χ1v) is 3.18. The summed E-state index contributed by atoms with van der Waals surface area (Å²) in [5.74, 6) is -2.06. The molecule has 13 heavy (non-hydrogen) atoms. The summed E-state index contributed by atoms with van der Waals surface area (Å²) >= 11 is 0. The first-order valence-electron chi connectivity index (χ1n) is 3.18. The number of carbonyl (C=O) groups is 1. The molecule has 2 N–H and O–H groups in total. The van der Waals surface area contributed by atoms with Gasteiger partial charge in [-0.25, -0.2) is 4.79 Å². The highest BCUT2D eigenvalue weighted by Gasteiger charge is 2.57. The van der Waals surface area contributed by atoms with E-state index >= 15 is 0 Å². The second-order valence-electron chi connectivity index (χ2n) is 2.44. The van der Waals surface area contributed by atoms with Gasteiger partial charge in [-0.2, -0.15) is 18.4 Å². The van der Waals surface area contributed by atoms with Crippen molar-refractivity contribution in [1.82, 2.24) is 5.32 Å². The summed E-state index contributed by atoms with van der Waals surface area (Å²) in [5.41, 5.74) is -3.07. The van der Waals surface area contributed by atoms with E-state index in [9.17, 15) is 18.0 Å². The van der Waals surface area contributed by atoms with E-state index in [-0.39, 0.29) is 0 Å². The Morgan fingerprint density at radius 2 is 2.08 bits per heavy atom. The predicted octanol–water partition coefficient (Wildman–Crippen LogP) is 0.505. The van der Waals surface area contributed by atoms with E-state index in [4.69, 9.17) is 10.4 Å². The fraction of sp³-hybridized carbons (Fsp3) is 0.667. The molecule has 0 spiro atoms. The van der Waals surface area contributed by atoms with Crippen LogP contribution in [0.3, 0.4) is 0 Å². The third kappa shape index (κ3) is 2.32. The van der Waals surface area contributed by atoms with Crippen LogP contribution in [0.2, 0.25) is 0 Å². The highest BCUT2D eigenvalue weighted by atomic mass is 19.4. The molecular formula is C6H7F3N2O2. The fourth-order valence-corrected chi connectivity index (χ4v) is 0.513. The topological polar surface area (TPSA) is 73.1 Å². The lowest BCUT2D eigenvalue weighted by atomic mass is 10.0. The van der Waals surface area contributed by atoms with Gasteiger partial charge < -0.3 is 5.11 Å². The van der Waals surface area contributed by atoms with E-state index in [1.54, 1.807) is 5.32 Å². The Bertz CT molecular complexity index is 245. The van der Waals surface area contributed by atoms with Gasteiger partial charge in [-0.05, 0) is 6.92 Å². The third-order valence-electron chi connectivity index (χ3n) is 1.52. The number of rotatable bonds is 3. The van der Waals surface area contributed by atoms with Crippen LogP contribution in [0.25, 0.3) is 0 Å². The number of halogens is 3. The molecule has 0 heterocycles. The smallest absolute Gasteiger partial charge is 0.417 e. The molecule has 0 saturated carbocycles. The van der Waals surface area contributed by atoms with Crippen molar-refractivity contribution in [3.63, 3.8) is 0 Å². The van der Waals surface area contributed by atoms with Crippen molar-refractivity contribution in [2.45, 2.75) is 18.6 Å².